The van der Waals surface area contributed by atoms with Crippen molar-refractivity contribution in [1.29, 1.82) is 0 Å². The highest BCUT2D eigenvalue weighted by Gasteiger charge is 1.99. The number of pyridine rings is 1. The average Bonchev–Trinajstić information content (AvgIpc) is 2.35. The smallest absolute Gasteiger partial charge is 0.246 e. The summed E-state index contributed by atoms with van der Waals surface area (Å²) >= 11 is 5.90. The maximum absolute atomic E-state index is 11.4. The van der Waals surface area contributed by atoms with E-state index < -0.39 is 0 Å². The van der Waals surface area contributed by atoms with Gasteiger partial charge in [-0.3, -0.25) is 4.79 Å². The van der Waals surface area contributed by atoms with Crippen molar-refractivity contribution in [3.05, 3.63) is 47.1 Å². The molecule has 1 amide bonds. The van der Waals surface area contributed by atoms with Crippen molar-refractivity contribution in [3.63, 3.8) is 0 Å². The van der Waals surface area contributed by atoms with E-state index in [1.807, 2.05) is 24.3 Å². The van der Waals surface area contributed by atoms with Gasteiger partial charge in [-0.05, 0) is 30.3 Å². The van der Waals surface area contributed by atoms with Gasteiger partial charge in [0.25, 0.3) is 0 Å². The van der Waals surface area contributed by atoms with Crippen LogP contribution in [-0.2, 0) is 4.79 Å². The number of carbonyl (C=O) groups is 1. The number of rotatable bonds is 2. The van der Waals surface area contributed by atoms with Crippen LogP contribution in [0.2, 0.25) is 5.02 Å². The van der Waals surface area contributed by atoms with Gasteiger partial charge in [0, 0.05) is 30.6 Å². The number of halogens is 1. The first-order valence-electron chi connectivity index (χ1n) is 5.52. The summed E-state index contributed by atoms with van der Waals surface area (Å²) in [4.78, 5) is 17.4. The van der Waals surface area contributed by atoms with Crippen LogP contribution in [0.15, 0.2) is 36.4 Å². The fraction of sp³-hybridized carbons (Fsp3) is 0.143. The second kappa shape index (κ2) is 5.19. The summed E-state index contributed by atoms with van der Waals surface area (Å²) in [6.07, 6.45) is 3.21. The highest BCUT2D eigenvalue weighted by molar-refractivity contribution is 6.31. The Morgan fingerprint density at radius 3 is 2.78 bits per heavy atom. The van der Waals surface area contributed by atoms with E-state index in [4.69, 9.17) is 11.6 Å². The van der Waals surface area contributed by atoms with E-state index in [9.17, 15) is 4.79 Å². The molecular formula is C14H13ClN2O. The van der Waals surface area contributed by atoms with Crippen LogP contribution in [-0.4, -0.2) is 29.9 Å². The Hall–Kier alpha value is -1.87. The Morgan fingerprint density at radius 2 is 2.06 bits per heavy atom. The van der Waals surface area contributed by atoms with Gasteiger partial charge in [-0.25, -0.2) is 4.98 Å². The fourth-order valence-electron chi connectivity index (χ4n) is 1.51. The molecule has 1 heterocycles. The topological polar surface area (TPSA) is 33.2 Å². The maximum atomic E-state index is 11.4. The molecule has 0 radical (unpaired) electrons. The molecule has 0 aliphatic rings. The van der Waals surface area contributed by atoms with Crippen LogP contribution in [0.5, 0.6) is 0 Å². The first kappa shape index (κ1) is 12.6. The highest BCUT2D eigenvalue weighted by atomic mass is 35.5. The summed E-state index contributed by atoms with van der Waals surface area (Å²) in [6, 6.07) is 9.33. The number of hydrogen-bond acceptors (Lipinski definition) is 2. The molecule has 3 nitrogen and oxygen atoms in total. The van der Waals surface area contributed by atoms with Crippen molar-refractivity contribution in [2.45, 2.75) is 0 Å². The second-order valence-corrected chi connectivity index (χ2v) is 4.58. The molecule has 2 aromatic rings. The summed E-state index contributed by atoms with van der Waals surface area (Å²) in [5.41, 5.74) is 1.61. The Balaban J connectivity index is 2.31. The van der Waals surface area contributed by atoms with E-state index in [1.165, 1.54) is 11.0 Å². The Kier molecular flexibility index (Phi) is 3.63. The van der Waals surface area contributed by atoms with E-state index in [-0.39, 0.29) is 5.91 Å². The van der Waals surface area contributed by atoms with Crippen molar-refractivity contribution >= 4 is 34.5 Å². The molecule has 1 aromatic heterocycles. The van der Waals surface area contributed by atoms with Crippen molar-refractivity contribution in [2.75, 3.05) is 14.1 Å². The van der Waals surface area contributed by atoms with Crippen LogP contribution in [0.3, 0.4) is 0 Å². The van der Waals surface area contributed by atoms with Crippen LogP contribution in [0.4, 0.5) is 0 Å². The molecule has 0 saturated carbocycles. The van der Waals surface area contributed by atoms with Gasteiger partial charge >= 0.3 is 0 Å². The van der Waals surface area contributed by atoms with Crippen LogP contribution >= 0.6 is 11.6 Å². The number of likely N-dealkylation sites (N-methyl/N-ethyl adjacent to an activating group) is 1. The largest absolute Gasteiger partial charge is 0.345 e. The molecule has 0 unspecified atom stereocenters. The van der Waals surface area contributed by atoms with Crippen LogP contribution < -0.4 is 0 Å². The van der Waals surface area contributed by atoms with Gasteiger partial charge in [0.1, 0.15) is 0 Å². The van der Waals surface area contributed by atoms with E-state index in [0.29, 0.717) is 5.02 Å². The third kappa shape index (κ3) is 2.87. The lowest BCUT2D eigenvalue weighted by atomic mass is 10.2. The summed E-state index contributed by atoms with van der Waals surface area (Å²) < 4.78 is 0. The summed E-state index contributed by atoms with van der Waals surface area (Å²) in [7, 11) is 3.42. The first-order chi connectivity index (χ1) is 8.56. The van der Waals surface area contributed by atoms with E-state index in [2.05, 4.69) is 4.98 Å². The molecule has 92 valence electrons. The molecule has 18 heavy (non-hydrogen) atoms. The van der Waals surface area contributed by atoms with Crippen molar-refractivity contribution in [1.82, 2.24) is 9.88 Å². The number of amides is 1. The number of hydrogen-bond donors (Lipinski definition) is 0. The molecule has 0 N–H and O–H groups in total. The molecule has 0 fully saturated rings. The minimum Gasteiger partial charge on any atom is -0.345 e. The van der Waals surface area contributed by atoms with Gasteiger partial charge in [-0.1, -0.05) is 17.7 Å². The average molecular weight is 261 g/mol. The van der Waals surface area contributed by atoms with E-state index in [1.54, 1.807) is 26.2 Å². The van der Waals surface area contributed by atoms with Gasteiger partial charge in [0.15, 0.2) is 0 Å². The predicted octanol–water partition coefficient (Wildman–Crippen LogP) is 2.99. The Labute approximate surface area is 111 Å². The molecule has 4 heteroatoms. The Morgan fingerprint density at radius 1 is 1.28 bits per heavy atom. The number of aromatic nitrogens is 1. The first-order valence-corrected chi connectivity index (χ1v) is 5.90. The van der Waals surface area contributed by atoms with Crippen molar-refractivity contribution in [3.8, 4) is 0 Å². The monoisotopic (exact) mass is 260 g/mol. The van der Waals surface area contributed by atoms with Gasteiger partial charge in [-0.2, -0.15) is 0 Å². The van der Waals surface area contributed by atoms with E-state index >= 15 is 0 Å². The predicted molar refractivity (Wildman–Crippen MR) is 74.5 cm³/mol. The molecule has 0 aliphatic carbocycles. The third-order valence-corrected chi connectivity index (χ3v) is 2.75. The zero-order valence-corrected chi connectivity index (χ0v) is 11.0. The number of benzene rings is 1. The lowest BCUT2D eigenvalue weighted by Crippen LogP contribution is -2.18. The zero-order chi connectivity index (χ0) is 13.1. The molecule has 1 aromatic carbocycles. The summed E-state index contributed by atoms with van der Waals surface area (Å²) in [6.45, 7) is 0. The maximum Gasteiger partial charge on any atom is 0.246 e. The summed E-state index contributed by atoms with van der Waals surface area (Å²) in [5.74, 6) is -0.0620. The van der Waals surface area contributed by atoms with Crippen molar-refractivity contribution < 1.29 is 4.79 Å². The van der Waals surface area contributed by atoms with Gasteiger partial charge < -0.3 is 4.90 Å². The number of nitrogens with zero attached hydrogens (tertiary/aromatic N) is 2. The quantitative estimate of drug-likeness (QED) is 0.778. The number of carbonyl (C=O) groups excluding carboxylic acids is 1. The lowest BCUT2D eigenvalue weighted by molar-refractivity contribution is -0.123. The lowest BCUT2D eigenvalue weighted by Gasteiger charge is -2.05. The standard InChI is InChI=1S/C14H13ClN2O/c1-17(2)14(18)8-6-12-5-3-10-9-11(15)4-7-13(10)16-12/h3-9H,1-2H3/b8-6+. The minimum atomic E-state index is -0.0620. The molecule has 0 bridgehead atoms. The molecule has 2 rings (SSSR count). The van der Waals surface area contributed by atoms with Crippen LogP contribution in [0.25, 0.3) is 17.0 Å². The Bertz CT molecular complexity index is 620. The molecule has 0 saturated heterocycles. The van der Waals surface area contributed by atoms with E-state index in [0.717, 1.165) is 16.6 Å². The zero-order valence-electron chi connectivity index (χ0n) is 10.2. The minimum absolute atomic E-state index is 0.0620. The molecular weight excluding hydrogens is 248 g/mol. The fourth-order valence-corrected chi connectivity index (χ4v) is 1.69. The van der Waals surface area contributed by atoms with Gasteiger partial charge in [0.2, 0.25) is 5.91 Å². The second-order valence-electron chi connectivity index (χ2n) is 4.14. The highest BCUT2D eigenvalue weighted by Crippen LogP contribution is 2.18. The van der Waals surface area contributed by atoms with Gasteiger partial charge in [0.05, 0.1) is 11.2 Å². The molecule has 0 atom stereocenters. The number of fused-ring (bicyclic) bond motifs is 1. The third-order valence-electron chi connectivity index (χ3n) is 2.51. The molecule has 0 spiro atoms. The molecule has 0 aliphatic heterocycles. The van der Waals surface area contributed by atoms with Gasteiger partial charge in [-0.15, -0.1) is 0 Å². The SMILES string of the molecule is CN(C)C(=O)/C=C/c1ccc2cc(Cl)ccc2n1. The van der Waals surface area contributed by atoms with Crippen molar-refractivity contribution in [2.24, 2.45) is 0 Å². The van der Waals surface area contributed by atoms with Crippen LogP contribution in [0, 0.1) is 0 Å². The normalized spacial score (nSPS) is 11.1. The summed E-state index contributed by atoms with van der Waals surface area (Å²) in [5, 5.41) is 1.67. The van der Waals surface area contributed by atoms with Crippen LogP contribution in [0.1, 0.15) is 5.69 Å².